The van der Waals surface area contributed by atoms with E-state index in [9.17, 15) is 13.2 Å². The highest BCUT2D eigenvalue weighted by molar-refractivity contribution is 6.72. The third-order valence-electron chi connectivity index (χ3n) is 4.15. The second-order valence-electron chi connectivity index (χ2n) is 6.94. The van der Waals surface area contributed by atoms with Crippen LogP contribution in [0.1, 0.15) is 32.1 Å². The zero-order valence-corrected chi connectivity index (χ0v) is 15.5. The standard InChI is InChI=1S/C8H15F3OSi.C6H14OSi/c1-13(6-3-2-5-12-13)7-4-8(9,10)11;1-8(2)6-4-3-5-7-8/h2-7H2,1H3;3-6H2,1-2H3. The topological polar surface area (TPSA) is 18.5 Å². The summed E-state index contributed by atoms with van der Waals surface area (Å²) >= 11 is 0. The van der Waals surface area contributed by atoms with Crippen LogP contribution >= 0.6 is 0 Å². The molecule has 0 spiro atoms. The van der Waals surface area contributed by atoms with E-state index in [4.69, 9.17) is 8.85 Å². The maximum atomic E-state index is 11.9. The van der Waals surface area contributed by atoms with Gasteiger partial charge in [0.15, 0.2) is 16.6 Å². The smallest absolute Gasteiger partial charge is 0.388 e. The molecular weight excluding hydrogens is 313 g/mol. The zero-order chi connectivity index (χ0) is 16.0. The van der Waals surface area contributed by atoms with Gasteiger partial charge in [0.05, 0.1) is 0 Å². The minimum absolute atomic E-state index is 0.233. The SMILES string of the molecule is C[Si]1(C)CCCCO1.C[Si]1(CCC(F)(F)F)CCCCO1. The molecule has 2 heterocycles. The first-order valence-electron chi connectivity index (χ1n) is 7.97. The number of hydrogen-bond donors (Lipinski definition) is 0. The Kier molecular flexibility index (Phi) is 7.42. The quantitative estimate of drug-likeness (QED) is 0.632. The summed E-state index contributed by atoms with van der Waals surface area (Å²) in [5.41, 5.74) is 0. The predicted octanol–water partition coefficient (Wildman–Crippen LogP) is 5.33. The molecule has 126 valence electrons. The van der Waals surface area contributed by atoms with Gasteiger partial charge >= 0.3 is 6.18 Å². The monoisotopic (exact) mass is 342 g/mol. The fraction of sp³-hybridized carbons (Fsp3) is 1.00. The van der Waals surface area contributed by atoms with Crippen molar-refractivity contribution >= 4 is 16.6 Å². The van der Waals surface area contributed by atoms with Crippen molar-refractivity contribution in [1.82, 2.24) is 0 Å². The van der Waals surface area contributed by atoms with Gasteiger partial charge in [0, 0.05) is 19.6 Å². The van der Waals surface area contributed by atoms with Gasteiger partial charge in [-0.2, -0.15) is 13.2 Å². The molecule has 0 amide bonds. The van der Waals surface area contributed by atoms with Gasteiger partial charge in [0.1, 0.15) is 0 Å². The minimum atomic E-state index is -4.02. The summed E-state index contributed by atoms with van der Waals surface area (Å²) in [4.78, 5) is 0. The van der Waals surface area contributed by atoms with Crippen LogP contribution in [0.4, 0.5) is 13.2 Å². The summed E-state index contributed by atoms with van der Waals surface area (Å²) in [6.07, 6.45) is 0.0530. The predicted molar refractivity (Wildman–Crippen MR) is 84.6 cm³/mol. The Morgan fingerprint density at radius 2 is 1.43 bits per heavy atom. The van der Waals surface area contributed by atoms with Crippen molar-refractivity contribution in [3.8, 4) is 0 Å². The van der Waals surface area contributed by atoms with Crippen LogP contribution in [0.2, 0.25) is 37.8 Å². The second kappa shape index (κ2) is 8.12. The third kappa shape index (κ3) is 9.00. The Hall–Kier alpha value is 0.144. The van der Waals surface area contributed by atoms with Gasteiger partial charge in [-0.3, -0.25) is 0 Å². The van der Waals surface area contributed by atoms with Crippen LogP contribution in [-0.2, 0) is 8.85 Å². The molecule has 0 N–H and O–H groups in total. The van der Waals surface area contributed by atoms with E-state index in [1.54, 1.807) is 0 Å². The first-order chi connectivity index (χ1) is 9.62. The van der Waals surface area contributed by atoms with Crippen molar-refractivity contribution in [2.24, 2.45) is 0 Å². The molecule has 21 heavy (non-hydrogen) atoms. The highest BCUT2D eigenvalue weighted by atomic mass is 28.4. The average Bonchev–Trinajstić information content (AvgIpc) is 2.37. The Morgan fingerprint density at radius 1 is 0.857 bits per heavy atom. The molecule has 0 aromatic carbocycles. The third-order valence-corrected chi connectivity index (χ3v) is 10.3. The Labute approximate surface area is 128 Å². The van der Waals surface area contributed by atoms with Crippen LogP contribution in [0.25, 0.3) is 0 Å². The Bertz CT molecular complexity index is 295. The number of alkyl halides is 3. The maximum Gasteiger partial charge on any atom is 0.388 e. The molecule has 0 radical (unpaired) electrons. The molecule has 2 aliphatic heterocycles. The van der Waals surface area contributed by atoms with E-state index >= 15 is 0 Å². The number of rotatable bonds is 2. The molecule has 0 aliphatic carbocycles. The van der Waals surface area contributed by atoms with Gasteiger partial charge in [-0.15, -0.1) is 0 Å². The van der Waals surface area contributed by atoms with E-state index in [0.717, 1.165) is 25.5 Å². The fourth-order valence-corrected chi connectivity index (χ4v) is 7.60. The fourth-order valence-electron chi connectivity index (χ4n) is 2.67. The summed E-state index contributed by atoms with van der Waals surface area (Å²) in [5, 5.41) is 0. The van der Waals surface area contributed by atoms with Crippen molar-refractivity contribution in [2.45, 2.75) is 76.1 Å². The van der Waals surface area contributed by atoms with Crippen LogP contribution in [0.5, 0.6) is 0 Å². The molecule has 0 bridgehead atoms. The van der Waals surface area contributed by atoms with Crippen LogP contribution in [0, 0.1) is 0 Å². The van der Waals surface area contributed by atoms with Gasteiger partial charge in [0.2, 0.25) is 0 Å². The molecule has 2 aliphatic rings. The highest BCUT2D eigenvalue weighted by Gasteiger charge is 2.37. The van der Waals surface area contributed by atoms with E-state index in [0.29, 0.717) is 6.61 Å². The van der Waals surface area contributed by atoms with Crippen molar-refractivity contribution < 1.29 is 22.0 Å². The van der Waals surface area contributed by atoms with Crippen molar-refractivity contribution in [2.75, 3.05) is 13.2 Å². The molecule has 0 aromatic rings. The summed E-state index contributed by atoms with van der Waals surface area (Å²) < 4.78 is 46.9. The van der Waals surface area contributed by atoms with E-state index in [1.165, 1.54) is 18.9 Å². The molecule has 7 heteroatoms. The Morgan fingerprint density at radius 3 is 1.76 bits per heavy atom. The molecule has 2 rings (SSSR count). The van der Waals surface area contributed by atoms with E-state index in [2.05, 4.69) is 13.1 Å². The van der Waals surface area contributed by atoms with Crippen LogP contribution < -0.4 is 0 Å². The highest BCUT2D eigenvalue weighted by Crippen LogP contribution is 2.31. The lowest BCUT2D eigenvalue weighted by molar-refractivity contribution is -0.131. The molecule has 2 fully saturated rings. The van der Waals surface area contributed by atoms with E-state index in [1.807, 2.05) is 6.55 Å². The van der Waals surface area contributed by atoms with Crippen molar-refractivity contribution in [3.05, 3.63) is 0 Å². The van der Waals surface area contributed by atoms with Gasteiger partial charge in [-0.25, -0.2) is 0 Å². The molecule has 1 atom stereocenters. The molecular formula is C14H29F3O2Si2. The summed E-state index contributed by atoms with van der Waals surface area (Å²) in [6.45, 7) is 8.20. The van der Waals surface area contributed by atoms with Crippen LogP contribution in [-0.4, -0.2) is 36.0 Å². The molecule has 0 aromatic heterocycles. The Balaban J connectivity index is 0.000000235. The van der Waals surface area contributed by atoms with Gasteiger partial charge in [0.25, 0.3) is 0 Å². The lowest BCUT2D eigenvalue weighted by Crippen LogP contribution is -2.38. The van der Waals surface area contributed by atoms with Crippen molar-refractivity contribution in [1.29, 1.82) is 0 Å². The van der Waals surface area contributed by atoms with Crippen molar-refractivity contribution in [3.63, 3.8) is 0 Å². The van der Waals surface area contributed by atoms with Gasteiger partial charge in [-0.05, 0) is 50.6 Å². The zero-order valence-electron chi connectivity index (χ0n) is 13.5. The number of halogens is 3. The molecule has 1 unspecified atom stereocenters. The second-order valence-corrected chi connectivity index (χ2v) is 15.4. The summed E-state index contributed by atoms with van der Waals surface area (Å²) in [6, 6.07) is 2.49. The molecule has 2 saturated heterocycles. The largest absolute Gasteiger partial charge is 0.417 e. The van der Waals surface area contributed by atoms with Crippen LogP contribution in [0.15, 0.2) is 0 Å². The summed E-state index contributed by atoms with van der Waals surface area (Å²) in [5.74, 6) is 0. The van der Waals surface area contributed by atoms with Gasteiger partial charge in [-0.1, -0.05) is 12.8 Å². The first kappa shape index (κ1) is 19.2. The minimum Gasteiger partial charge on any atom is -0.417 e. The normalized spacial score (nSPS) is 29.4. The van der Waals surface area contributed by atoms with Crippen LogP contribution in [0.3, 0.4) is 0 Å². The lowest BCUT2D eigenvalue weighted by Gasteiger charge is -2.31. The van der Waals surface area contributed by atoms with E-state index in [-0.39, 0.29) is 6.04 Å². The van der Waals surface area contributed by atoms with E-state index < -0.39 is 29.2 Å². The summed E-state index contributed by atoms with van der Waals surface area (Å²) in [7, 11) is -3.06. The first-order valence-corrected chi connectivity index (χ1v) is 13.9. The maximum absolute atomic E-state index is 11.9. The molecule has 0 saturated carbocycles. The average molecular weight is 343 g/mol. The van der Waals surface area contributed by atoms with Gasteiger partial charge < -0.3 is 8.85 Å². The number of hydrogen-bond acceptors (Lipinski definition) is 2. The lowest BCUT2D eigenvalue weighted by atomic mass is 10.4. The molecule has 2 nitrogen and oxygen atoms in total.